The highest BCUT2D eigenvalue weighted by atomic mass is 16.2. The van der Waals surface area contributed by atoms with Crippen molar-refractivity contribution in [3.05, 3.63) is 24.5 Å². The van der Waals surface area contributed by atoms with Crippen LogP contribution in [0.1, 0.15) is 26.7 Å². The molecular formula is C14H19N3O2. The average molecular weight is 261 g/mol. The van der Waals surface area contributed by atoms with Gasteiger partial charge in [0.1, 0.15) is 6.04 Å². The quantitative estimate of drug-likeness (QED) is 0.893. The minimum absolute atomic E-state index is 0.0480. The summed E-state index contributed by atoms with van der Waals surface area (Å²) in [6.45, 7) is 4.41. The van der Waals surface area contributed by atoms with Gasteiger partial charge < -0.3 is 10.2 Å². The van der Waals surface area contributed by atoms with E-state index in [9.17, 15) is 9.59 Å². The van der Waals surface area contributed by atoms with Gasteiger partial charge in [0.25, 0.3) is 0 Å². The van der Waals surface area contributed by atoms with Crippen LogP contribution in [0, 0.1) is 5.92 Å². The van der Waals surface area contributed by atoms with E-state index in [1.807, 2.05) is 19.9 Å². The molecule has 2 atom stereocenters. The van der Waals surface area contributed by atoms with Crippen LogP contribution in [0.25, 0.3) is 0 Å². The summed E-state index contributed by atoms with van der Waals surface area (Å²) in [7, 11) is 0. The summed E-state index contributed by atoms with van der Waals surface area (Å²) in [6, 6.07) is 3.19. The first-order chi connectivity index (χ1) is 9.13. The summed E-state index contributed by atoms with van der Waals surface area (Å²) in [5.74, 6) is 0.00645. The molecule has 1 aromatic heterocycles. The van der Waals surface area contributed by atoms with Crippen molar-refractivity contribution >= 4 is 17.5 Å². The maximum absolute atomic E-state index is 12.6. The number of aromatic nitrogens is 1. The summed E-state index contributed by atoms with van der Waals surface area (Å²) in [4.78, 5) is 30.0. The third-order valence-electron chi connectivity index (χ3n) is 3.58. The van der Waals surface area contributed by atoms with Gasteiger partial charge in [0.2, 0.25) is 11.8 Å². The van der Waals surface area contributed by atoms with Crippen LogP contribution < -0.4 is 10.2 Å². The molecule has 1 aromatic rings. The number of amides is 2. The van der Waals surface area contributed by atoms with Crippen LogP contribution in [0.3, 0.4) is 0 Å². The molecule has 1 N–H and O–H groups in total. The summed E-state index contributed by atoms with van der Waals surface area (Å²) >= 11 is 0. The molecule has 0 radical (unpaired) electrons. The number of rotatable bonds is 3. The lowest BCUT2D eigenvalue weighted by molar-refractivity contribution is -0.126. The Morgan fingerprint density at radius 2 is 2.32 bits per heavy atom. The Morgan fingerprint density at radius 3 is 2.95 bits per heavy atom. The van der Waals surface area contributed by atoms with Gasteiger partial charge in [-0.1, -0.05) is 20.3 Å². The number of hydrogen-bond acceptors (Lipinski definition) is 3. The SMILES string of the molecule is CCC(C)C1NC(=O)CCN(c2cccnc2)C1=O. The monoisotopic (exact) mass is 261 g/mol. The first kappa shape index (κ1) is 13.5. The van der Waals surface area contributed by atoms with Gasteiger partial charge in [-0.25, -0.2) is 0 Å². The molecule has 0 bridgehead atoms. The largest absolute Gasteiger partial charge is 0.344 e. The molecule has 1 aliphatic rings. The van der Waals surface area contributed by atoms with Crippen molar-refractivity contribution in [1.82, 2.24) is 10.3 Å². The van der Waals surface area contributed by atoms with E-state index in [1.165, 1.54) is 0 Å². The number of nitrogens with zero attached hydrogens (tertiary/aromatic N) is 2. The second-order valence-corrected chi connectivity index (χ2v) is 4.88. The van der Waals surface area contributed by atoms with E-state index in [0.717, 1.165) is 12.1 Å². The van der Waals surface area contributed by atoms with E-state index < -0.39 is 6.04 Å². The fourth-order valence-corrected chi connectivity index (χ4v) is 2.19. The molecule has 0 spiro atoms. The van der Waals surface area contributed by atoms with Gasteiger partial charge in [-0.15, -0.1) is 0 Å². The normalized spacial score (nSPS) is 21.8. The fourth-order valence-electron chi connectivity index (χ4n) is 2.19. The highest BCUT2D eigenvalue weighted by Crippen LogP contribution is 2.20. The van der Waals surface area contributed by atoms with Crippen LogP contribution in [-0.2, 0) is 9.59 Å². The molecule has 0 saturated carbocycles. The first-order valence-corrected chi connectivity index (χ1v) is 6.64. The summed E-state index contributed by atoms with van der Waals surface area (Å²) in [6.07, 6.45) is 4.49. The van der Waals surface area contributed by atoms with E-state index in [0.29, 0.717) is 13.0 Å². The van der Waals surface area contributed by atoms with Gasteiger partial charge in [-0.3, -0.25) is 14.6 Å². The van der Waals surface area contributed by atoms with E-state index in [-0.39, 0.29) is 17.7 Å². The highest BCUT2D eigenvalue weighted by molar-refractivity contribution is 6.01. The van der Waals surface area contributed by atoms with Gasteiger partial charge >= 0.3 is 0 Å². The molecule has 2 unspecified atom stereocenters. The maximum atomic E-state index is 12.6. The molecular weight excluding hydrogens is 242 g/mol. The molecule has 0 aromatic carbocycles. The number of nitrogens with one attached hydrogen (secondary N) is 1. The predicted molar refractivity (Wildman–Crippen MR) is 72.6 cm³/mol. The molecule has 102 valence electrons. The first-order valence-electron chi connectivity index (χ1n) is 6.64. The molecule has 2 heterocycles. The second kappa shape index (κ2) is 5.82. The lowest BCUT2D eigenvalue weighted by Crippen LogP contribution is -2.48. The minimum Gasteiger partial charge on any atom is -0.344 e. The molecule has 19 heavy (non-hydrogen) atoms. The Morgan fingerprint density at radius 1 is 1.53 bits per heavy atom. The zero-order valence-corrected chi connectivity index (χ0v) is 11.3. The maximum Gasteiger partial charge on any atom is 0.249 e. The van der Waals surface area contributed by atoms with Gasteiger partial charge in [-0.2, -0.15) is 0 Å². The number of anilines is 1. The molecule has 1 aliphatic heterocycles. The molecule has 2 rings (SSSR count). The third-order valence-corrected chi connectivity index (χ3v) is 3.58. The number of pyridine rings is 1. The van der Waals surface area contributed by atoms with Crippen LogP contribution in [0.5, 0.6) is 0 Å². The number of carbonyl (C=O) groups excluding carboxylic acids is 2. The van der Waals surface area contributed by atoms with Crippen molar-refractivity contribution in [1.29, 1.82) is 0 Å². The molecule has 1 saturated heterocycles. The Hall–Kier alpha value is -1.91. The van der Waals surface area contributed by atoms with Gasteiger partial charge in [0.15, 0.2) is 0 Å². The Balaban J connectivity index is 2.29. The topological polar surface area (TPSA) is 62.3 Å². The van der Waals surface area contributed by atoms with E-state index in [1.54, 1.807) is 23.4 Å². The molecule has 5 nitrogen and oxygen atoms in total. The molecule has 2 amide bonds. The van der Waals surface area contributed by atoms with Gasteiger partial charge in [-0.05, 0) is 18.1 Å². The van der Waals surface area contributed by atoms with Crippen LogP contribution in [-0.4, -0.2) is 29.4 Å². The van der Waals surface area contributed by atoms with Crippen molar-refractivity contribution < 1.29 is 9.59 Å². The minimum atomic E-state index is -0.444. The van der Waals surface area contributed by atoms with Crippen LogP contribution in [0.4, 0.5) is 5.69 Å². The van der Waals surface area contributed by atoms with Crippen molar-refractivity contribution in [2.75, 3.05) is 11.4 Å². The number of hydrogen-bond donors (Lipinski definition) is 1. The highest BCUT2D eigenvalue weighted by Gasteiger charge is 2.33. The Bertz CT molecular complexity index is 461. The molecule has 5 heteroatoms. The Labute approximate surface area is 113 Å². The van der Waals surface area contributed by atoms with Crippen molar-refractivity contribution in [3.63, 3.8) is 0 Å². The summed E-state index contributed by atoms with van der Waals surface area (Å²) in [5.41, 5.74) is 0.748. The lowest BCUT2D eigenvalue weighted by atomic mass is 9.98. The van der Waals surface area contributed by atoms with E-state index in [2.05, 4.69) is 10.3 Å². The van der Waals surface area contributed by atoms with Crippen LogP contribution in [0.2, 0.25) is 0 Å². The molecule has 1 fully saturated rings. The third kappa shape index (κ3) is 2.92. The summed E-state index contributed by atoms with van der Waals surface area (Å²) in [5, 5.41) is 2.83. The van der Waals surface area contributed by atoms with E-state index >= 15 is 0 Å². The van der Waals surface area contributed by atoms with Gasteiger partial charge in [0.05, 0.1) is 11.9 Å². The number of carbonyl (C=O) groups is 2. The van der Waals surface area contributed by atoms with Crippen molar-refractivity contribution in [2.45, 2.75) is 32.7 Å². The van der Waals surface area contributed by atoms with Crippen molar-refractivity contribution in [2.24, 2.45) is 5.92 Å². The zero-order chi connectivity index (χ0) is 13.8. The summed E-state index contributed by atoms with van der Waals surface area (Å²) < 4.78 is 0. The van der Waals surface area contributed by atoms with E-state index in [4.69, 9.17) is 0 Å². The second-order valence-electron chi connectivity index (χ2n) is 4.88. The van der Waals surface area contributed by atoms with Crippen LogP contribution in [0.15, 0.2) is 24.5 Å². The smallest absolute Gasteiger partial charge is 0.249 e. The average Bonchev–Trinajstić information content (AvgIpc) is 2.59. The lowest BCUT2D eigenvalue weighted by Gasteiger charge is -2.26. The van der Waals surface area contributed by atoms with Crippen molar-refractivity contribution in [3.8, 4) is 0 Å². The predicted octanol–water partition coefficient (Wildman–Crippen LogP) is 1.35. The van der Waals surface area contributed by atoms with Crippen LogP contribution >= 0.6 is 0 Å². The van der Waals surface area contributed by atoms with Gasteiger partial charge in [0, 0.05) is 19.2 Å². The molecule has 0 aliphatic carbocycles. The zero-order valence-electron chi connectivity index (χ0n) is 11.3. The standard InChI is InChI=1S/C14H19N3O2/c1-3-10(2)13-14(19)17(8-6-12(18)16-13)11-5-4-7-15-9-11/h4-5,7,9-10,13H,3,6,8H2,1-2H3,(H,16,18). The fraction of sp³-hybridized carbons (Fsp3) is 0.500. The Kier molecular flexibility index (Phi) is 4.14.